The maximum atomic E-state index is 2.46. The maximum Gasteiger partial charge on any atom is -0.00549 e. The minimum atomic E-state index is 1.16. The molecule has 0 fully saturated rings. The summed E-state index contributed by atoms with van der Waals surface area (Å²) in [5.41, 5.74) is 21.9. The van der Waals surface area contributed by atoms with Gasteiger partial charge >= 0.3 is 0 Å². The molecular formula is C30H38. The number of hydrogen-bond acceptors (Lipinski definition) is 0. The van der Waals surface area contributed by atoms with E-state index in [1.54, 1.807) is 44.5 Å². The van der Waals surface area contributed by atoms with Gasteiger partial charge in [0, 0.05) is 0 Å². The Kier molecular flexibility index (Phi) is 5.56. The molecule has 0 bridgehead atoms. The first-order valence-corrected chi connectivity index (χ1v) is 11.9. The molecule has 30 heavy (non-hydrogen) atoms. The minimum absolute atomic E-state index is 1.16. The number of allylic oxidation sites excluding steroid dienone is 4. The van der Waals surface area contributed by atoms with Crippen LogP contribution in [0.4, 0.5) is 0 Å². The lowest BCUT2D eigenvalue weighted by Crippen LogP contribution is -1.98. The first-order valence-electron chi connectivity index (χ1n) is 11.9. The number of fused-ring (bicyclic) bond motifs is 2. The van der Waals surface area contributed by atoms with Crippen molar-refractivity contribution in [2.75, 3.05) is 0 Å². The Morgan fingerprint density at radius 1 is 0.567 bits per heavy atom. The van der Waals surface area contributed by atoms with Crippen molar-refractivity contribution in [3.8, 4) is 0 Å². The van der Waals surface area contributed by atoms with Gasteiger partial charge in [-0.05, 0) is 147 Å². The zero-order chi connectivity index (χ0) is 21.7. The fourth-order valence-electron chi connectivity index (χ4n) is 6.01. The summed E-state index contributed by atoms with van der Waals surface area (Å²) in [6, 6.07) is 4.91. The van der Waals surface area contributed by atoms with Crippen LogP contribution in [0.5, 0.6) is 0 Å². The largest absolute Gasteiger partial charge is 0.0622 e. The normalized spacial score (nSPS) is 15.3. The van der Waals surface area contributed by atoms with Gasteiger partial charge in [0.25, 0.3) is 0 Å². The maximum absolute atomic E-state index is 2.46. The Balaban J connectivity index is 1.73. The highest BCUT2D eigenvalue weighted by Crippen LogP contribution is 2.45. The minimum Gasteiger partial charge on any atom is -0.0622 e. The van der Waals surface area contributed by atoms with E-state index in [0.29, 0.717) is 0 Å². The van der Waals surface area contributed by atoms with Crippen LogP contribution in [-0.2, 0) is 12.8 Å². The Morgan fingerprint density at radius 3 is 1.27 bits per heavy atom. The lowest BCUT2D eigenvalue weighted by Gasteiger charge is -2.18. The molecule has 0 atom stereocenters. The molecule has 0 heteroatoms. The molecule has 2 aromatic carbocycles. The van der Waals surface area contributed by atoms with Gasteiger partial charge in [-0.3, -0.25) is 0 Å². The van der Waals surface area contributed by atoms with E-state index in [9.17, 15) is 0 Å². The summed E-state index contributed by atoms with van der Waals surface area (Å²) in [5, 5.41) is 0. The lowest BCUT2D eigenvalue weighted by molar-refractivity contribution is 0.990. The number of aryl methyl sites for hydroxylation is 2. The third-order valence-electron chi connectivity index (χ3n) is 8.23. The molecule has 0 aromatic heterocycles. The summed E-state index contributed by atoms with van der Waals surface area (Å²) in [7, 11) is 0. The monoisotopic (exact) mass is 398 g/mol. The van der Waals surface area contributed by atoms with Gasteiger partial charge in [0.15, 0.2) is 0 Å². The van der Waals surface area contributed by atoms with Crippen molar-refractivity contribution < 1.29 is 0 Å². The van der Waals surface area contributed by atoms with Crippen LogP contribution < -0.4 is 0 Å². The lowest BCUT2D eigenvalue weighted by atomic mass is 9.87. The molecule has 0 N–H and O–H groups in total. The van der Waals surface area contributed by atoms with Crippen LogP contribution in [0.15, 0.2) is 23.3 Å². The molecule has 0 heterocycles. The van der Waals surface area contributed by atoms with Gasteiger partial charge in [-0.25, -0.2) is 0 Å². The van der Waals surface area contributed by atoms with Crippen LogP contribution in [0.1, 0.15) is 95.2 Å². The molecule has 4 rings (SSSR count). The Hall–Kier alpha value is -2.08. The Morgan fingerprint density at radius 2 is 0.933 bits per heavy atom. The average Bonchev–Trinajstić information content (AvgIpc) is 3.26. The van der Waals surface area contributed by atoms with Crippen molar-refractivity contribution in [1.82, 2.24) is 0 Å². The fraction of sp³-hybridized carbons (Fsp3) is 0.467. The number of hydrogen-bond donors (Lipinski definition) is 0. The second-order valence-corrected chi connectivity index (χ2v) is 9.68. The molecule has 0 aliphatic heterocycles. The standard InChI is InChI=1S/C30H38/c1-9-23-15-25-13-17(3)19(5)21(7)29(25)27(23)11-12-28-24(10-2)16-26-14-18(4)20(6)22(8)30(26)28/h13-14H,9-12,15-16H2,1-8H3. The highest BCUT2D eigenvalue weighted by Gasteiger charge is 2.27. The van der Waals surface area contributed by atoms with E-state index >= 15 is 0 Å². The van der Waals surface area contributed by atoms with Gasteiger partial charge in [-0.15, -0.1) is 0 Å². The summed E-state index contributed by atoms with van der Waals surface area (Å²) in [5.74, 6) is 0. The number of rotatable bonds is 5. The SMILES string of the molecule is CCC1=C(CCC2=C(CC)Cc3cc(C)c(C)c(C)c32)c2c(cc(C)c(C)c2C)C1. The summed E-state index contributed by atoms with van der Waals surface area (Å²) in [6.07, 6.45) is 7.05. The zero-order valence-corrected chi connectivity index (χ0v) is 20.4. The van der Waals surface area contributed by atoms with Gasteiger partial charge < -0.3 is 0 Å². The third kappa shape index (κ3) is 3.20. The van der Waals surface area contributed by atoms with E-state index in [4.69, 9.17) is 0 Å². The molecule has 0 saturated carbocycles. The van der Waals surface area contributed by atoms with Crippen molar-refractivity contribution >= 4 is 11.1 Å². The summed E-state index contributed by atoms with van der Waals surface area (Å²) in [6.45, 7) is 18.5. The zero-order valence-electron chi connectivity index (χ0n) is 20.4. The highest BCUT2D eigenvalue weighted by molar-refractivity contribution is 5.84. The van der Waals surface area contributed by atoms with Crippen LogP contribution >= 0.6 is 0 Å². The molecule has 0 spiro atoms. The fourth-order valence-corrected chi connectivity index (χ4v) is 6.01. The second-order valence-electron chi connectivity index (χ2n) is 9.68. The molecule has 0 unspecified atom stereocenters. The van der Waals surface area contributed by atoms with Crippen molar-refractivity contribution in [2.24, 2.45) is 0 Å². The van der Waals surface area contributed by atoms with Crippen LogP contribution in [0, 0.1) is 41.5 Å². The smallest absolute Gasteiger partial charge is 0.00549 e. The summed E-state index contributed by atoms with van der Waals surface area (Å²) >= 11 is 0. The summed E-state index contributed by atoms with van der Waals surface area (Å²) < 4.78 is 0. The van der Waals surface area contributed by atoms with Crippen LogP contribution in [-0.4, -0.2) is 0 Å². The van der Waals surface area contributed by atoms with E-state index in [-0.39, 0.29) is 0 Å². The predicted molar refractivity (Wildman–Crippen MR) is 132 cm³/mol. The van der Waals surface area contributed by atoms with E-state index in [0.717, 1.165) is 12.8 Å². The molecule has 2 aliphatic rings. The molecule has 2 aromatic rings. The predicted octanol–water partition coefficient (Wildman–Crippen LogP) is 8.46. The van der Waals surface area contributed by atoms with Gasteiger partial charge in [0.2, 0.25) is 0 Å². The average molecular weight is 399 g/mol. The van der Waals surface area contributed by atoms with Gasteiger partial charge in [-0.2, -0.15) is 0 Å². The Bertz CT molecular complexity index is 1010. The number of benzene rings is 2. The van der Waals surface area contributed by atoms with E-state index in [2.05, 4.69) is 67.5 Å². The molecular weight excluding hydrogens is 360 g/mol. The molecule has 2 aliphatic carbocycles. The van der Waals surface area contributed by atoms with Gasteiger partial charge in [0.1, 0.15) is 0 Å². The summed E-state index contributed by atoms with van der Waals surface area (Å²) in [4.78, 5) is 0. The van der Waals surface area contributed by atoms with Crippen molar-refractivity contribution in [3.63, 3.8) is 0 Å². The van der Waals surface area contributed by atoms with Crippen molar-refractivity contribution in [3.05, 3.63) is 78.9 Å². The molecule has 0 nitrogen and oxygen atoms in total. The molecule has 0 saturated heterocycles. The van der Waals surface area contributed by atoms with Gasteiger partial charge in [0.05, 0.1) is 0 Å². The quantitative estimate of drug-likeness (QED) is 0.474. The van der Waals surface area contributed by atoms with E-state index < -0.39 is 0 Å². The third-order valence-corrected chi connectivity index (χ3v) is 8.23. The molecule has 0 radical (unpaired) electrons. The van der Waals surface area contributed by atoms with E-state index in [1.165, 1.54) is 59.1 Å². The highest BCUT2D eigenvalue weighted by atomic mass is 14.3. The first-order chi connectivity index (χ1) is 14.3. The van der Waals surface area contributed by atoms with Crippen LogP contribution in [0.2, 0.25) is 0 Å². The molecule has 158 valence electrons. The topological polar surface area (TPSA) is 0 Å². The second kappa shape index (κ2) is 7.88. The first kappa shape index (κ1) is 21.2. The van der Waals surface area contributed by atoms with Crippen LogP contribution in [0.25, 0.3) is 11.1 Å². The van der Waals surface area contributed by atoms with Gasteiger partial charge in [-0.1, -0.05) is 37.1 Å². The van der Waals surface area contributed by atoms with E-state index in [1.807, 2.05) is 0 Å². The molecule has 0 amide bonds. The Labute approximate surface area is 184 Å². The van der Waals surface area contributed by atoms with Crippen molar-refractivity contribution in [2.45, 2.75) is 93.9 Å². The van der Waals surface area contributed by atoms with Crippen LogP contribution in [0.3, 0.4) is 0 Å². The van der Waals surface area contributed by atoms with Crippen molar-refractivity contribution in [1.29, 1.82) is 0 Å².